The van der Waals surface area contributed by atoms with Crippen LogP contribution in [0.25, 0.3) is 0 Å². The highest BCUT2D eigenvalue weighted by Crippen LogP contribution is 2.30. The van der Waals surface area contributed by atoms with E-state index in [4.69, 9.17) is 0 Å². The van der Waals surface area contributed by atoms with Crippen LogP contribution in [-0.4, -0.2) is 63.0 Å². The predicted octanol–water partition coefficient (Wildman–Crippen LogP) is 6.05. The molecule has 0 aliphatic carbocycles. The van der Waals surface area contributed by atoms with E-state index in [0.29, 0.717) is 30.6 Å². The summed E-state index contributed by atoms with van der Waals surface area (Å²) in [6, 6.07) is 17.8. The number of piperidine rings is 1. The molecule has 1 aliphatic rings. The number of urea groups is 1. The quantitative estimate of drug-likeness (QED) is 0.163. The predicted molar refractivity (Wildman–Crippen MR) is 189 cm³/mol. The Morgan fingerprint density at radius 2 is 1.59 bits per heavy atom. The lowest BCUT2D eigenvalue weighted by Crippen LogP contribution is -2.37. The molecule has 0 spiro atoms. The van der Waals surface area contributed by atoms with E-state index in [1.807, 2.05) is 6.07 Å². The van der Waals surface area contributed by atoms with Crippen molar-refractivity contribution in [2.75, 3.05) is 38.0 Å². The Morgan fingerprint density at radius 3 is 2.27 bits per heavy atom. The van der Waals surface area contributed by atoms with Gasteiger partial charge < -0.3 is 20.9 Å². The first-order chi connectivity index (χ1) is 24.5. The molecule has 0 radical (unpaired) electrons. The van der Waals surface area contributed by atoms with E-state index in [0.717, 1.165) is 49.5 Å². The van der Waals surface area contributed by atoms with Crippen LogP contribution in [0.4, 0.5) is 23.7 Å². The van der Waals surface area contributed by atoms with Crippen LogP contribution in [-0.2, 0) is 28.2 Å². The number of nitrogens with one attached hydrogen (secondary N) is 3. The maximum atomic E-state index is 13.6. The molecule has 5 rings (SSSR count). The number of likely N-dealkylation sites (tertiary alicyclic amines) is 1. The number of pyridine rings is 1. The summed E-state index contributed by atoms with van der Waals surface area (Å²) in [5.74, 6) is 5.05. The molecule has 1 saturated heterocycles. The minimum Gasteiger partial charge on any atom is -0.351 e. The van der Waals surface area contributed by atoms with Crippen molar-refractivity contribution in [3.63, 3.8) is 0 Å². The molecule has 13 heteroatoms. The van der Waals surface area contributed by atoms with E-state index in [2.05, 4.69) is 37.7 Å². The van der Waals surface area contributed by atoms with E-state index >= 15 is 0 Å². The van der Waals surface area contributed by atoms with Crippen molar-refractivity contribution in [3.05, 3.63) is 125 Å². The van der Waals surface area contributed by atoms with Gasteiger partial charge in [-0.05, 0) is 104 Å². The lowest BCUT2D eigenvalue weighted by Gasteiger charge is -2.26. The Hall–Kier alpha value is -5.19. The summed E-state index contributed by atoms with van der Waals surface area (Å²) in [4.78, 5) is 31.6. The van der Waals surface area contributed by atoms with Gasteiger partial charge in [-0.15, -0.1) is 0 Å². The fourth-order valence-electron chi connectivity index (χ4n) is 5.56. The van der Waals surface area contributed by atoms with E-state index in [1.54, 1.807) is 42.7 Å². The van der Waals surface area contributed by atoms with Gasteiger partial charge in [0.25, 0.3) is 5.91 Å². The minimum atomic E-state index is -4.55. The number of hydrogen-bond donors (Lipinski definition) is 3. The van der Waals surface area contributed by atoms with Gasteiger partial charge in [0.05, 0.1) is 16.2 Å². The largest absolute Gasteiger partial charge is 0.416 e. The zero-order valence-corrected chi connectivity index (χ0v) is 28.6. The number of hydrogen-bond acceptors (Lipinski definition) is 6. The smallest absolute Gasteiger partial charge is 0.351 e. The van der Waals surface area contributed by atoms with Crippen LogP contribution in [0.15, 0.2) is 96.2 Å². The van der Waals surface area contributed by atoms with E-state index in [-0.39, 0.29) is 27.6 Å². The van der Waals surface area contributed by atoms with Crippen molar-refractivity contribution in [2.24, 2.45) is 0 Å². The van der Waals surface area contributed by atoms with Gasteiger partial charge in [0, 0.05) is 54.4 Å². The maximum Gasteiger partial charge on any atom is 0.416 e. The van der Waals surface area contributed by atoms with Crippen LogP contribution >= 0.6 is 0 Å². The van der Waals surface area contributed by atoms with Crippen LogP contribution < -0.4 is 16.0 Å². The minimum absolute atomic E-state index is 0.0783. The summed E-state index contributed by atoms with van der Waals surface area (Å²) >= 11 is 0. The Balaban J connectivity index is 1.31. The third-order valence-electron chi connectivity index (χ3n) is 8.28. The number of halogens is 3. The highest BCUT2D eigenvalue weighted by atomic mass is 32.2. The van der Waals surface area contributed by atoms with Crippen molar-refractivity contribution >= 4 is 27.5 Å². The normalized spacial score (nSPS) is 13.5. The zero-order chi connectivity index (χ0) is 36.3. The Kier molecular flexibility index (Phi) is 12.5. The molecule has 4 aromatic rings. The van der Waals surface area contributed by atoms with Crippen LogP contribution in [0.3, 0.4) is 0 Å². The van der Waals surface area contributed by atoms with Gasteiger partial charge in [0.2, 0.25) is 0 Å². The number of anilines is 1. The summed E-state index contributed by atoms with van der Waals surface area (Å²) in [6.07, 6.45) is 2.95. The van der Waals surface area contributed by atoms with Gasteiger partial charge >= 0.3 is 12.2 Å². The highest BCUT2D eigenvalue weighted by Gasteiger charge is 2.30. The topological polar surface area (TPSA) is 120 Å². The second-order valence-corrected chi connectivity index (χ2v) is 14.1. The van der Waals surface area contributed by atoms with Gasteiger partial charge in [-0.3, -0.25) is 9.78 Å². The lowest BCUT2D eigenvalue weighted by molar-refractivity contribution is -0.137. The molecule has 0 atom stereocenters. The lowest BCUT2D eigenvalue weighted by atomic mass is 10.1. The van der Waals surface area contributed by atoms with Crippen molar-refractivity contribution in [2.45, 2.75) is 42.5 Å². The summed E-state index contributed by atoms with van der Waals surface area (Å²) in [5, 5.41) is 8.38. The van der Waals surface area contributed by atoms with E-state index in [1.165, 1.54) is 37.5 Å². The van der Waals surface area contributed by atoms with E-state index < -0.39 is 33.4 Å². The van der Waals surface area contributed by atoms with Gasteiger partial charge in [-0.2, -0.15) is 13.2 Å². The average molecular weight is 718 g/mol. The van der Waals surface area contributed by atoms with Gasteiger partial charge in [0.15, 0.2) is 9.84 Å². The Labute approximate surface area is 295 Å². The Morgan fingerprint density at radius 1 is 0.843 bits per heavy atom. The highest BCUT2D eigenvalue weighted by molar-refractivity contribution is 7.90. The van der Waals surface area contributed by atoms with Gasteiger partial charge in [-0.25, -0.2) is 13.2 Å². The standard InChI is InChI=1S/C38H38F3N5O4S/c39-38(40,41)33-14-9-30(10-15-33)27-51(49,50)35-17-16-34(45-37(48)44-20-18-29-5-4-19-42-26-29)25-32(35)13-8-28-6-11-31(12-7-28)36(47)43-21-24-46-22-2-1-3-23-46/h4-7,9-12,14-17,19,25-26H,1-3,18,20-24,27H2,(H,43,47)(H2,44,45,48). The average Bonchev–Trinajstić information content (AvgIpc) is 3.11. The van der Waals surface area contributed by atoms with E-state index in [9.17, 15) is 31.2 Å². The fraction of sp³-hybridized carbons (Fsp3) is 0.289. The number of sulfone groups is 1. The molecule has 51 heavy (non-hydrogen) atoms. The molecule has 0 saturated carbocycles. The fourth-order valence-corrected chi connectivity index (χ4v) is 7.07. The number of carbonyl (C=O) groups excluding carboxylic acids is 2. The SMILES string of the molecule is O=C(NCCc1cccnc1)Nc1ccc(S(=O)(=O)Cc2ccc(C(F)(F)F)cc2)c(C#Cc2ccc(C(=O)NCCN3CCCCC3)cc2)c1. The summed E-state index contributed by atoms with van der Waals surface area (Å²) in [5.41, 5.74) is 1.56. The second-order valence-electron chi connectivity index (χ2n) is 12.1. The zero-order valence-electron chi connectivity index (χ0n) is 27.8. The molecular formula is C38H38F3N5O4S. The first kappa shape index (κ1) is 37.1. The number of benzene rings is 3. The summed E-state index contributed by atoms with van der Waals surface area (Å²) < 4.78 is 66.4. The first-order valence-electron chi connectivity index (χ1n) is 16.6. The molecule has 3 aromatic carbocycles. The van der Waals surface area contributed by atoms with Crippen molar-refractivity contribution in [1.29, 1.82) is 0 Å². The molecular weight excluding hydrogens is 680 g/mol. The molecule has 1 aromatic heterocycles. The van der Waals surface area contributed by atoms with Crippen molar-refractivity contribution in [1.82, 2.24) is 20.5 Å². The number of rotatable bonds is 11. The van der Waals surface area contributed by atoms with Crippen LogP contribution in [0, 0.1) is 11.8 Å². The Bertz CT molecular complexity index is 1970. The molecule has 266 valence electrons. The first-order valence-corrected chi connectivity index (χ1v) is 18.2. The van der Waals surface area contributed by atoms with Crippen LogP contribution in [0.2, 0.25) is 0 Å². The maximum absolute atomic E-state index is 13.6. The summed E-state index contributed by atoms with van der Waals surface area (Å²) in [7, 11) is -4.10. The van der Waals surface area contributed by atoms with Crippen LogP contribution in [0.1, 0.15) is 57.4 Å². The third-order valence-corrected chi connectivity index (χ3v) is 10.0. The van der Waals surface area contributed by atoms with Gasteiger partial charge in [-0.1, -0.05) is 36.5 Å². The molecule has 0 bridgehead atoms. The molecule has 9 nitrogen and oxygen atoms in total. The molecule has 0 unspecified atom stereocenters. The molecule has 1 aliphatic heterocycles. The second kappa shape index (κ2) is 17.2. The van der Waals surface area contributed by atoms with Crippen molar-refractivity contribution < 1.29 is 31.2 Å². The number of amides is 3. The van der Waals surface area contributed by atoms with Gasteiger partial charge in [0.1, 0.15) is 0 Å². The number of aromatic nitrogens is 1. The number of carbonyl (C=O) groups is 2. The summed E-state index contributed by atoms with van der Waals surface area (Å²) in [6.45, 7) is 3.74. The third kappa shape index (κ3) is 11.2. The molecule has 3 amide bonds. The molecule has 3 N–H and O–H groups in total. The van der Waals surface area contributed by atoms with Crippen molar-refractivity contribution in [3.8, 4) is 11.8 Å². The number of alkyl halides is 3. The monoisotopic (exact) mass is 717 g/mol. The van der Waals surface area contributed by atoms with Crippen LogP contribution in [0.5, 0.6) is 0 Å². The molecule has 2 heterocycles. The molecule has 1 fully saturated rings. The number of nitrogens with zero attached hydrogens (tertiary/aromatic N) is 2.